The Balaban J connectivity index is 1.82. The highest BCUT2D eigenvalue weighted by Gasteiger charge is 2.30. The van der Waals surface area contributed by atoms with E-state index >= 15 is 0 Å². The molecule has 0 saturated carbocycles. The second-order valence-corrected chi connectivity index (χ2v) is 4.18. The van der Waals surface area contributed by atoms with Crippen LogP contribution < -0.4 is 10.6 Å². The molecule has 2 rings (SSSR count). The Morgan fingerprint density at radius 1 is 1.40 bits per heavy atom. The molecule has 0 radical (unpaired) electrons. The van der Waals surface area contributed by atoms with Gasteiger partial charge in [-0.1, -0.05) is 0 Å². The Labute approximate surface area is 90.1 Å². The highest BCUT2D eigenvalue weighted by atomic mass is 16.5. The van der Waals surface area contributed by atoms with Gasteiger partial charge in [-0.3, -0.25) is 0 Å². The zero-order chi connectivity index (χ0) is 10.7. The normalized spacial score (nSPS) is 30.9. The molecule has 2 fully saturated rings. The first-order valence-corrected chi connectivity index (χ1v) is 5.60. The maximum absolute atomic E-state index is 11.8. The lowest BCUT2D eigenvalue weighted by Gasteiger charge is -2.22. The summed E-state index contributed by atoms with van der Waals surface area (Å²) in [6.07, 6.45) is 2.37. The number of nitrogens with one attached hydrogen (secondary N) is 2. The average Bonchev–Trinajstić information content (AvgIpc) is 2.87. The molecule has 2 N–H and O–H groups in total. The molecule has 0 aromatic heterocycles. The van der Waals surface area contributed by atoms with Crippen LogP contribution in [0.15, 0.2) is 0 Å². The van der Waals surface area contributed by atoms with Crippen LogP contribution >= 0.6 is 0 Å². The fraction of sp³-hybridized carbons (Fsp3) is 0.900. The maximum atomic E-state index is 11.8. The molecule has 2 saturated heterocycles. The molecule has 0 aromatic rings. The van der Waals surface area contributed by atoms with Crippen molar-refractivity contribution in [2.45, 2.75) is 25.0 Å². The number of amides is 2. The third-order valence-corrected chi connectivity index (χ3v) is 3.16. The van der Waals surface area contributed by atoms with Gasteiger partial charge in [-0.15, -0.1) is 0 Å². The number of ether oxygens (including phenoxy) is 1. The third kappa shape index (κ3) is 2.41. The number of urea groups is 1. The van der Waals surface area contributed by atoms with E-state index in [4.69, 9.17) is 4.74 Å². The van der Waals surface area contributed by atoms with Gasteiger partial charge < -0.3 is 20.3 Å². The van der Waals surface area contributed by atoms with Crippen LogP contribution in [0.4, 0.5) is 4.79 Å². The van der Waals surface area contributed by atoms with Gasteiger partial charge in [0.25, 0.3) is 0 Å². The van der Waals surface area contributed by atoms with Crippen molar-refractivity contribution in [1.29, 1.82) is 0 Å². The first-order valence-electron chi connectivity index (χ1n) is 5.60. The van der Waals surface area contributed by atoms with Gasteiger partial charge in [-0.05, 0) is 12.8 Å². The number of carbonyl (C=O) groups is 1. The number of hydrogen-bond donors (Lipinski definition) is 2. The summed E-state index contributed by atoms with van der Waals surface area (Å²) in [6.45, 7) is 3.41. The van der Waals surface area contributed by atoms with Gasteiger partial charge in [0, 0.05) is 33.3 Å². The van der Waals surface area contributed by atoms with Gasteiger partial charge in [0.05, 0.1) is 12.1 Å². The Hall–Kier alpha value is -0.810. The topological polar surface area (TPSA) is 53.6 Å². The Morgan fingerprint density at radius 3 is 2.80 bits per heavy atom. The van der Waals surface area contributed by atoms with Crippen LogP contribution in [-0.4, -0.2) is 56.4 Å². The lowest BCUT2D eigenvalue weighted by molar-refractivity contribution is 0.0960. The molecule has 86 valence electrons. The monoisotopic (exact) mass is 213 g/mol. The highest BCUT2D eigenvalue weighted by molar-refractivity contribution is 5.74. The van der Waals surface area contributed by atoms with Crippen LogP contribution in [0.3, 0.4) is 0 Å². The van der Waals surface area contributed by atoms with Gasteiger partial charge in [0.1, 0.15) is 0 Å². The minimum Gasteiger partial charge on any atom is -0.378 e. The number of methoxy groups -OCH3 is 1. The van der Waals surface area contributed by atoms with Crippen molar-refractivity contribution in [1.82, 2.24) is 15.5 Å². The van der Waals surface area contributed by atoms with Crippen molar-refractivity contribution in [3.8, 4) is 0 Å². The summed E-state index contributed by atoms with van der Waals surface area (Å²) < 4.78 is 5.29. The molecular formula is C10H19N3O2. The van der Waals surface area contributed by atoms with E-state index in [1.54, 1.807) is 7.11 Å². The molecule has 0 aromatic carbocycles. The molecule has 0 spiro atoms. The van der Waals surface area contributed by atoms with Crippen LogP contribution in [0.1, 0.15) is 12.8 Å². The minimum absolute atomic E-state index is 0.0586. The highest BCUT2D eigenvalue weighted by Crippen LogP contribution is 2.09. The second kappa shape index (κ2) is 4.81. The molecule has 2 aliphatic heterocycles. The van der Waals surface area contributed by atoms with Crippen molar-refractivity contribution >= 4 is 6.03 Å². The molecule has 2 atom stereocenters. The van der Waals surface area contributed by atoms with E-state index in [1.165, 1.54) is 0 Å². The van der Waals surface area contributed by atoms with E-state index in [2.05, 4.69) is 10.6 Å². The van der Waals surface area contributed by atoms with E-state index in [1.807, 2.05) is 4.90 Å². The summed E-state index contributed by atoms with van der Waals surface area (Å²) in [7, 11) is 1.69. The third-order valence-electron chi connectivity index (χ3n) is 3.16. The maximum Gasteiger partial charge on any atom is 0.317 e. The van der Waals surface area contributed by atoms with E-state index in [-0.39, 0.29) is 18.2 Å². The number of carbonyl (C=O) groups excluding carboxylic acids is 1. The molecule has 0 aliphatic carbocycles. The molecule has 2 heterocycles. The quantitative estimate of drug-likeness (QED) is 0.666. The fourth-order valence-corrected chi connectivity index (χ4v) is 2.22. The smallest absolute Gasteiger partial charge is 0.317 e. The predicted molar refractivity (Wildman–Crippen MR) is 56.8 cm³/mol. The van der Waals surface area contributed by atoms with E-state index < -0.39 is 0 Å². The predicted octanol–water partition coefficient (Wildman–Crippen LogP) is -0.221. The van der Waals surface area contributed by atoms with Crippen LogP contribution in [0, 0.1) is 0 Å². The summed E-state index contributed by atoms with van der Waals surface area (Å²) in [5.41, 5.74) is 0. The van der Waals surface area contributed by atoms with Crippen molar-refractivity contribution < 1.29 is 9.53 Å². The Kier molecular flexibility index (Phi) is 3.43. The fourth-order valence-electron chi connectivity index (χ4n) is 2.22. The van der Waals surface area contributed by atoms with Gasteiger partial charge in [0.2, 0.25) is 0 Å². The summed E-state index contributed by atoms with van der Waals surface area (Å²) in [4.78, 5) is 13.7. The van der Waals surface area contributed by atoms with Gasteiger partial charge >= 0.3 is 6.03 Å². The first-order chi connectivity index (χ1) is 7.31. The molecule has 15 heavy (non-hydrogen) atoms. The molecule has 1 unspecified atom stereocenters. The van der Waals surface area contributed by atoms with Crippen LogP contribution in [0.25, 0.3) is 0 Å². The van der Waals surface area contributed by atoms with E-state index in [0.717, 1.165) is 39.0 Å². The first kappa shape index (κ1) is 10.7. The summed E-state index contributed by atoms with van der Waals surface area (Å²) >= 11 is 0. The number of nitrogens with zero attached hydrogens (tertiary/aromatic N) is 1. The summed E-state index contributed by atoms with van der Waals surface area (Å²) in [5.74, 6) is 0. The van der Waals surface area contributed by atoms with Gasteiger partial charge in [-0.2, -0.15) is 0 Å². The van der Waals surface area contributed by atoms with Crippen LogP contribution in [0.5, 0.6) is 0 Å². The molecule has 5 nitrogen and oxygen atoms in total. The lowest BCUT2D eigenvalue weighted by Crippen LogP contribution is -2.48. The molecule has 2 aliphatic rings. The van der Waals surface area contributed by atoms with Gasteiger partial charge in [-0.25, -0.2) is 4.79 Å². The van der Waals surface area contributed by atoms with Crippen LogP contribution in [-0.2, 0) is 4.74 Å². The van der Waals surface area contributed by atoms with Crippen molar-refractivity contribution in [2.24, 2.45) is 0 Å². The van der Waals surface area contributed by atoms with Crippen LogP contribution in [0.2, 0.25) is 0 Å². The minimum atomic E-state index is 0.0586. The summed E-state index contributed by atoms with van der Waals surface area (Å²) in [6, 6.07) is 0.173. The van der Waals surface area contributed by atoms with E-state index in [0.29, 0.717) is 0 Å². The zero-order valence-electron chi connectivity index (χ0n) is 9.16. The molecule has 5 heteroatoms. The molecule has 2 amide bonds. The van der Waals surface area contributed by atoms with E-state index in [9.17, 15) is 4.79 Å². The van der Waals surface area contributed by atoms with Crippen molar-refractivity contribution in [2.75, 3.05) is 33.3 Å². The Morgan fingerprint density at radius 2 is 2.13 bits per heavy atom. The second-order valence-electron chi connectivity index (χ2n) is 4.18. The number of likely N-dealkylation sites (tertiary alicyclic amines) is 1. The summed E-state index contributed by atoms with van der Waals surface area (Å²) in [5, 5.41) is 6.23. The van der Waals surface area contributed by atoms with Crippen molar-refractivity contribution in [3.05, 3.63) is 0 Å². The SMILES string of the molecule is CO[C@H]1CNCC1NC(=O)N1CCCC1. The zero-order valence-corrected chi connectivity index (χ0v) is 9.16. The Bertz CT molecular complexity index is 229. The van der Waals surface area contributed by atoms with Crippen molar-refractivity contribution in [3.63, 3.8) is 0 Å². The lowest BCUT2D eigenvalue weighted by atomic mass is 10.2. The largest absolute Gasteiger partial charge is 0.378 e. The number of hydrogen-bond acceptors (Lipinski definition) is 3. The number of rotatable bonds is 2. The average molecular weight is 213 g/mol. The molecule has 0 bridgehead atoms. The standard InChI is InChI=1S/C10H19N3O2/c1-15-9-7-11-6-8(9)12-10(14)13-4-2-3-5-13/h8-9,11H,2-7H2,1H3,(H,12,14)/t8?,9-/m0/s1. The van der Waals surface area contributed by atoms with Gasteiger partial charge in [0.15, 0.2) is 0 Å². The molecular weight excluding hydrogens is 194 g/mol.